The Kier molecular flexibility index (Phi) is 7.72. The van der Waals surface area contributed by atoms with Gasteiger partial charge in [-0.3, -0.25) is 9.59 Å². The summed E-state index contributed by atoms with van der Waals surface area (Å²) in [6, 6.07) is 14.7. The summed E-state index contributed by atoms with van der Waals surface area (Å²) >= 11 is 0. The van der Waals surface area contributed by atoms with Crippen molar-refractivity contribution in [1.82, 2.24) is 10.6 Å². The number of hydrogen-bond acceptors (Lipinski definition) is 4. The molecule has 0 spiro atoms. The maximum Gasteiger partial charge on any atom is 0.265 e. The monoisotopic (exact) mass is 427 g/mol. The van der Waals surface area contributed by atoms with Gasteiger partial charge >= 0.3 is 0 Å². The van der Waals surface area contributed by atoms with Crippen molar-refractivity contribution in [3.05, 3.63) is 71.5 Å². The standard InChI is InChI=1S/C23H27FN4O3/c1-28(2)12-11-25-22(29)20(13-16-7-4-3-5-8-16)26-23(30)21-15-19(27-31-21)17-9-6-10-18(24)14-17/h3-10,14,20-21H,11-13,15H2,1-2H3,(H,25,29)(H,26,30)/p+1/t20-,21+/m1/s1. The normalized spacial score (nSPS) is 16.4. The molecule has 2 amide bonds. The molecule has 31 heavy (non-hydrogen) atoms. The number of carbonyl (C=O) groups is 2. The van der Waals surface area contributed by atoms with Gasteiger partial charge in [0.2, 0.25) is 12.0 Å². The van der Waals surface area contributed by atoms with E-state index in [-0.39, 0.29) is 18.1 Å². The van der Waals surface area contributed by atoms with Crippen LogP contribution in [0.25, 0.3) is 0 Å². The van der Waals surface area contributed by atoms with Gasteiger partial charge in [-0.2, -0.15) is 0 Å². The SMILES string of the molecule is C[NH+](C)CCNC(=O)[C@@H](Cc1ccccc1)NC(=O)[C@@H]1CC(c2cccc(F)c2)=NO1. The fourth-order valence-electron chi connectivity index (χ4n) is 3.24. The lowest BCUT2D eigenvalue weighted by molar-refractivity contribution is -0.856. The Morgan fingerprint density at radius 1 is 1.19 bits per heavy atom. The molecule has 8 heteroatoms. The van der Waals surface area contributed by atoms with E-state index in [4.69, 9.17) is 4.84 Å². The average molecular weight is 428 g/mol. The number of nitrogens with zero attached hydrogens (tertiary/aromatic N) is 1. The summed E-state index contributed by atoms with van der Waals surface area (Å²) in [7, 11) is 4.01. The predicted octanol–water partition coefficient (Wildman–Crippen LogP) is 0.307. The first-order chi connectivity index (χ1) is 14.9. The summed E-state index contributed by atoms with van der Waals surface area (Å²) in [5.74, 6) is -1.06. The molecule has 1 aliphatic heterocycles. The number of hydrogen-bond donors (Lipinski definition) is 3. The molecule has 0 bridgehead atoms. The summed E-state index contributed by atoms with van der Waals surface area (Å²) in [4.78, 5) is 32.1. The lowest BCUT2D eigenvalue weighted by atomic mass is 10.0. The Morgan fingerprint density at radius 2 is 1.97 bits per heavy atom. The van der Waals surface area contributed by atoms with Crippen LogP contribution in [0.3, 0.4) is 0 Å². The molecule has 0 aliphatic carbocycles. The van der Waals surface area contributed by atoms with Crippen LogP contribution in [0.4, 0.5) is 4.39 Å². The van der Waals surface area contributed by atoms with Crippen LogP contribution in [-0.4, -0.2) is 56.9 Å². The number of carbonyl (C=O) groups excluding carboxylic acids is 2. The Morgan fingerprint density at radius 3 is 2.68 bits per heavy atom. The zero-order valence-electron chi connectivity index (χ0n) is 17.7. The van der Waals surface area contributed by atoms with Gasteiger partial charge in [-0.1, -0.05) is 47.6 Å². The molecule has 2 atom stereocenters. The van der Waals surface area contributed by atoms with Crippen LogP contribution < -0.4 is 15.5 Å². The highest BCUT2D eigenvalue weighted by Crippen LogP contribution is 2.18. The van der Waals surface area contributed by atoms with E-state index in [9.17, 15) is 14.0 Å². The fraction of sp³-hybridized carbons (Fsp3) is 0.348. The van der Waals surface area contributed by atoms with Gasteiger partial charge in [0.05, 0.1) is 32.9 Å². The molecular weight excluding hydrogens is 399 g/mol. The highest BCUT2D eigenvalue weighted by Gasteiger charge is 2.32. The molecule has 2 aromatic carbocycles. The number of quaternary nitrogens is 1. The molecule has 0 fully saturated rings. The Hall–Kier alpha value is -3.26. The second-order valence-electron chi connectivity index (χ2n) is 7.85. The van der Waals surface area contributed by atoms with Crippen molar-refractivity contribution in [3.8, 4) is 0 Å². The molecule has 2 aromatic rings. The topological polar surface area (TPSA) is 84.2 Å². The number of benzene rings is 2. The predicted molar refractivity (Wildman–Crippen MR) is 115 cm³/mol. The number of oxime groups is 1. The van der Waals surface area contributed by atoms with Crippen molar-refractivity contribution in [2.24, 2.45) is 5.16 Å². The van der Waals surface area contributed by atoms with Crippen molar-refractivity contribution in [2.45, 2.75) is 25.0 Å². The smallest absolute Gasteiger partial charge is 0.265 e. The molecule has 0 aromatic heterocycles. The molecule has 0 unspecified atom stereocenters. The van der Waals surface area contributed by atoms with Crippen LogP contribution in [0.15, 0.2) is 59.8 Å². The minimum absolute atomic E-state index is 0.207. The van der Waals surface area contributed by atoms with E-state index in [2.05, 4.69) is 15.8 Å². The molecule has 3 rings (SSSR count). The van der Waals surface area contributed by atoms with Gasteiger partial charge in [-0.15, -0.1) is 0 Å². The quantitative estimate of drug-likeness (QED) is 0.539. The first-order valence-corrected chi connectivity index (χ1v) is 10.3. The van der Waals surface area contributed by atoms with E-state index in [0.717, 1.165) is 12.1 Å². The Labute approximate surface area is 181 Å². The highest BCUT2D eigenvalue weighted by molar-refractivity contribution is 6.04. The van der Waals surface area contributed by atoms with Crippen LogP contribution in [0.2, 0.25) is 0 Å². The summed E-state index contributed by atoms with van der Waals surface area (Å²) in [6.45, 7) is 1.28. The van der Waals surface area contributed by atoms with Gasteiger partial charge in [0.25, 0.3) is 5.91 Å². The summed E-state index contributed by atoms with van der Waals surface area (Å²) in [6.07, 6.45) is -0.299. The van der Waals surface area contributed by atoms with Gasteiger partial charge in [-0.25, -0.2) is 4.39 Å². The highest BCUT2D eigenvalue weighted by atomic mass is 19.1. The first kappa shape index (κ1) is 22.4. The molecule has 7 nitrogen and oxygen atoms in total. The fourth-order valence-corrected chi connectivity index (χ4v) is 3.24. The van der Waals surface area contributed by atoms with Gasteiger partial charge in [-0.05, 0) is 17.7 Å². The zero-order valence-corrected chi connectivity index (χ0v) is 17.7. The van der Waals surface area contributed by atoms with Crippen LogP contribution in [0, 0.1) is 5.82 Å². The number of nitrogens with one attached hydrogen (secondary N) is 3. The molecule has 0 radical (unpaired) electrons. The number of halogens is 1. The third kappa shape index (κ3) is 6.62. The van der Waals surface area contributed by atoms with Crippen molar-refractivity contribution in [2.75, 3.05) is 27.2 Å². The van der Waals surface area contributed by atoms with Gasteiger partial charge in [0.1, 0.15) is 11.9 Å². The average Bonchev–Trinajstić information content (AvgIpc) is 3.24. The van der Waals surface area contributed by atoms with Crippen molar-refractivity contribution >= 4 is 17.5 Å². The van der Waals surface area contributed by atoms with Crippen LogP contribution in [0.1, 0.15) is 17.5 Å². The van der Waals surface area contributed by atoms with Gasteiger partial charge in [0, 0.05) is 18.4 Å². The maximum absolute atomic E-state index is 13.5. The van der Waals surface area contributed by atoms with Crippen LogP contribution in [0.5, 0.6) is 0 Å². The zero-order chi connectivity index (χ0) is 22.2. The first-order valence-electron chi connectivity index (χ1n) is 10.3. The van der Waals surface area contributed by atoms with E-state index >= 15 is 0 Å². The summed E-state index contributed by atoms with van der Waals surface area (Å²) in [5, 5.41) is 9.62. The van der Waals surface area contributed by atoms with Gasteiger partial charge < -0.3 is 20.4 Å². The Bertz CT molecular complexity index is 933. The number of rotatable bonds is 9. The number of likely N-dealkylation sites (N-methyl/N-ethyl adjacent to an activating group) is 1. The molecule has 164 valence electrons. The van der Waals surface area contributed by atoms with E-state index in [0.29, 0.717) is 24.2 Å². The molecule has 1 aliphatic rings. The van der Waals surface area contributed by atoms with Crippen LogP contribution >= 0.6 is 0 Å². The second kappa shape index (κ2) is 10.7. The van der Waals surface area contributed by atoms with Crippen molar-refractivity contribution in [3.63, 3.8) is 0 Å². The van der Waals surface area contributed by atoms with Crippen molar-refractivity contribution < 1.29 is 23.7 Å². The van der Waals surface area contributed by atoms with E-state index in [1.165, 1.54) is 17.0 Å². The van der Waals surface area contributed by atoms with Crippen LogP contribution in [-0.2, 0) is 20.8 Å². The summed E-state index contributed by atoms with van der Waals surface area (Å²) < 4.78 is 13.5. The van der Waals surface area contributed by atoms with E-state index in [1.54, 1.807) is 12.1 Å². The minimum Gasteiger partial charge on any atom is -0.382 e. The Balaban J connectivity index is 1.63. The summed E-state index contributed by atoms with van der Waals surface area (Å²) in [5.41, 5.74) is 2.00. The van der Waals surface area contributed by atoms with Crippen molar-refractivity contribution in [1.29, 1.82) is 0 Å². The lowest BCUT2D eigenvalue weighted by Gasteiger charge is -2.20. The number of amides is 2. The van der Waals surface area contributed by atoms with E-state index < -0.39 is 18.1 Å². The van der Waals surface area contributed by atoms with Gasteiger partial charge in [0.15, 0.2) is 0 Å². The lowest BCUT2D eigenvalue weighted by Crippen LogP contribution is -3.06. The molecule has 1 heterocycles. The maximum atomic E-state index is 13.5. The molecular formula is C23H28FN4O3+. The second-order valence-corrected chi connectivity index (χ2v) is 7.85. The van der Waals surface area contributed by atoms with E-state index in [1.807, 2.05) is 44.4 Å². The molecule has 0 saturated carbocycles. The molecule has 3 N–H and O–H groups in total. The third-order valence-corrected chi connectivity index (χ3v) is 4.96. The largest absolute Gasteiger partial charge is 0.382 e. The molecule has 0 saturated heterocycles. The minimum atomic E-state index is -0.865. The third-order valence-electron chi connectivity index (χ3n) is 4.96.